The van der Waals surface area contributed by atoms with Crippen molar-refractivity contribution in [3.63, 3.8) is 0 Å². The molecule has 1 heterocycles. The standard InChI is InChI=1S/C14H12ClNO4/c1-14(2)9-10(14)12(18)16(11(9)17)6-3-4-7(13(19)20)8(15)5-6/h3-5,9-10H,1-2H3,(H,19,20). The predicted molar refractivity (Wildman–Crippen MR) is 71.7 cm³/mol. The number of anilines is 1. The van der Waals surface area contributed by atoms with Crippen molar-refractivity contribution in [3.8, 4) is 0 Å². The Kier molecular flexibility index (Phi) is 2.51. The second kappa shape index (κ2) is 3.82. The molecule has 1 aliphatic heterocycles. The second-order valence-electron chi connectivity index (χ2n) is 5.76. The Morgan fingerprint density at radius 2 is 1.80 bits per heavy atom. The van der Waals surface area contributed by atoms with Gasteiger partial charge < -0.3 is 5.11 Å². The average Bonchev–Trinajstić information content (AvgIpc) is 2.79. The van der Waals surface area contributed by atoms with Crippen LogP contribution in [-0.4, -0.2) is 22.9 Å². The van der Waals surface area contributed by atoms with Crippen LogP contribution < -0.4 is 4.90 Å². The number of carbonyl (C=O) groups is 3. The maximum Gasteiger partial charge on any atom is 0.337 e. The van der Waals surface area contributed by atoms with Crippen molar-refractivity contribution in [2.45, 2.75) is 13.8 Å². The molecule has 0 radical (unpaired) electrons. The number of halogens is 1. The van der Waals surface area contributed by atoms with Crippen LogP contribution in [0.3, 0.4) is 0 Å². The number of hydrogen-bond acceptors (Lipinski definition) is 3. The Morgan fingerprint density at radius 1 is 1.25 bits per heavy atom. The monoisotopic (exact) mass is 293 g/mol. The van der Waals surface area contributed by atoms with Crippen LogP contribution in [0.5, 0.6) is 0 Å². The third-order valence-electron chi connectivity index (χ3n) is 4.24. The van der Waals surface area contributed by atoms with Crippen LogP contribution in [0.2, 0.25) is 5.02 Å². The van der Waals surface area contributed by atoms with Crippen LogP contribution in [0.25, 0.3) is 0 Å². The van der Waals surface area contributed by atoms with Crippen molar-refractivity contribution in [2.75, 3.05) is 4.90 Å². The molecule has 1 saturated heterocycles. The molecule has 1 aromatic carbocycles. The molecule has 2 atom stereocenters. The van der Waals surface area contributed by atoms with E-state index in [4.69, 9.17) is 16.7 Å². The molecule has 6 heteroatoms. The fourth-order valence-corrected chi connectivity index (χ4v) is 3.27. The summed E-state index contributed by atoms with van der Waals surface area (Å²) in [5, 5.41) is 8.92. The van der Waals surface area contributed by atoms with Crippen LogP contribution in [-0.2, 0) is 9.59 Å². The van der Waals surface area contributed by atoms with Crippen LogP contribution in [0.1, 0.15) is 24.2 Å². The highest BCUT2D eigenvalue weighted by atomic mass is 35.5. The number of imide groups is 1. The van der Waals surface area contributed by atoms with Gasteiger partial charge in [-0.25, -0.2) is 9.69 Å². The van der Waals surface area contributed by atoms with Gasteiger partial charge in [0, 0.05) is 0 Å². The van der Waals surface area contributed by atoms with Crippen molar-refractivity contribution in [3.05, 3.63) is 28.8 Å². The molecule has 0 aromatic heterocycles. The van der Waals surface area contributed by atoms with Gasteiger partial charge in [-0.1, -0.05) is 25.4 Å². The molecule has 2 unspecified atom stereocenters. The van der Waals surface area contributed by atoms with Gasteiger partial charge in [-0.2, -0.15) is 0 Å². The first-order chi connectivity index (χ1) is 9.26. The molecule has 2 aliphatic rings. The molecule has 2 fully saturated rings. The first-order valence-corrected chi connectivity index (χ1v) is 6.55. The lowest BCUT2D eigenvalue weighted by Gasteiger charge is -2.20. The number of rotatable bonds is 2. The highest BCUT2D eigenvalue weighted by molar-refractivity contribution is 6.34. The van der Waals surface area contributed by atoms with Crippen molar-refractivity contribution in [1.29, 1.82) is 0 Å². The maximum atomic E-state index is 12.2. The van der Waals surface area contributed by atoms with Crippen molar-refractivity contribution >= 4 is 35.1 Å². The summed E-state index contributed by atoms with van der Waals surface area (Å²) in [7, 11) is 0. The van der Waals surface area contributed by atoms with Gasteiger partial charge in [0.15, 0.2) is 0 Å². The molecule has 5 nitrogen and oxygen atoms in total. The molecule has 3 rings (SSSR count). The Balaban J connectivity index is 1.96. The minimum atomic E-state index is -1.15. The Morgan fingerprint density at radius 3 is 2.25 bits per heavy atom. The van der Waals surface area contributed by atoms with E-state index in [0.717, 1.165) is 4.90 Å². The predicted octanol–water partition coefficient (Wildman–Crippen LogP) is 2.18. The van der Waals surface area contributed by atoms with E-state index in [1.165, 1.54) is 18.2 Å². The zero-order valence-electron chi connectivity index (χ0n) is 10.9. The van der Waals surface area contributed by atoms with Gasteiger partial charge in [-0.3, -0.25) is 9.59 Å². The SMILES string of the molecule is CC1(C)C2C(=O)N(c3ccc(C(=O)O)c(Cl)c3)C(=O)C21. The maximum absolute atomic E-state index is 12.2. The smallest absolute Gasteiger partial charge is 0.337 e. The number of nitrogens with zero attached hydrogens (tertiary/aromatic N) is 1. The van der Waals surface area contributed by atoms with Crippen molar-refractivity contribution < 1.29 is 19.5 Å². The van der Waals surface area contributed by atoms with Gasteiger partial charge in [0.05, 0.1) is 28.1 Å². The third kappa shape index (κ3) is 1.53. The summed E-state index contributed by atoms with van der Waals surface area (Å²) in [5.41, 5.74) is 0.00754. The molecule has 1 N–H and O–H groups in total. The molecule has 20 heavy (non-hydrogen) atoms. The lowest BCUT2D eigenvalue weighted by atomic mass is 10.0. The number of carbonyl (C=O) groups excluding carboxylic acids is 2. The molecular weight excluding hydrogens is 282 g/mol. The molecule has 0 spiro atoms. The summed E-state index contributed by atoms with van der Waals surface area (Å²) < 4.78 is 0. The van der Waals surface area contributed by atoms with Gasteiger partial charge >= 0.3 is 5.97 Å². The molecular formula is C14H12ClNO4. The number of benzene rings is 1. The Labute approximate surface area is 120 Å². The first-order valence-electron chi connectivity index (χ1n) is 6.17. The molecule has 1 aliphatic carbocycles. The van der Waals surface area contributed by atoms with E-state index in [0.29, 0.717) is 5.69 Å². The van der Waals surface area contributed by atoms with E-state index in [9.17, 15) is 14.4 Å². The molecule has 1 aromatic rings. The largest absolute Gasteiger partial charge is 0.478 e. The van der Waals surface area contributed by atoms with Gasteiger partial charge in [-0.15, -0.1) is 0 Å². The van der Waals surface area contributed by atoms with E-state index < -0.39 is 5.97 Å². The van der Waals surface area contributed by atoms with Gasteiger partial charge in [0.25, 0.3) is 0 Å². The fraction of sp³-hybridized carbons (Fsp3) is 0.357. The zero-order chi connectivity index (χ0) is 14.8. The van der Waals surface area contributed by atoms with Crippen molar-refractivity contribution in [1.82, 2.24) is 0 Å². The average molecular weight is 294 g/mol. The van der Waals surface area contributed by atoms with Crippen molar-refractivity contribution in [2.24, 2.45) is 17.3 Å². The lowest BCUT2D eigenvalue weighted by Crippen LogP contribution is -2.36. The Bertz CT molecular complexity index is 643. The number of carboxylic acids is 1. The summed E-state index contributed by atoms with van der Waals surface area (Å²) in [6.45, 7) is 3.80. The highest BCUT2D eigenvalue weighted by Gasteiger charge is 2.72. The molecule has 104 valence electrons. The first kappa shape index (κ1) is 13.1. The lowest BCUT2D eigenvalue weighted by molar-refractivity contribution is -0.125. The highest BCUT2D eigenvalue weighted by Crippen LogP contribution is 2.63. The van der Waals surface area contributed by atoms with Gasteiger partial charge in [-0.05, 0) is 23.6 Å². The quantitative estimate of drug-likeness (QED) is 0.848. The third-order valence-corrected chi connectivity index (χ3v) is 4.55. The second-order valence-corrected chi connectivity index (χ2v) is 6.17. The van der Waals surface area contributed by atoms with Crippen LogP contribution in [0.15, 0.2) is 18.2 Å². The number of hydrogen-bond donors (Lipinski definition) is 1. The van der Waals surface area contributed by atoms with E-state index in [1.807, 2.05) is 13.8 Å². The van der Waals surface area contributed by atoms with E-state index >= 15 is 0 Å². The Hall–Kier alpha value is -1.88. The minimum Gasteiger partial charge on any atom is -0.478 e. The minimum absolute atomic E-state index is 0.00966. The number of fused-ring (bicyclic) bond motifs is 1. The normalized spacial score (nSPS) is 26.6. The molecule has 0 bridgehead atoms. The summed E-state index contributed by atoms with van der Waals surface area (Å²) in [6.07, 6.45) is 0. The summed E-state index contributed by atoms with van der Waals surface area (Å²) >= 11 is 5.87. The topological polar surface area (TPSA) is 74.7 Å². The zero-order valence-corrected chi connectivity index (χ0v) is 11.6. The van der Waals surface area contributed by atoms with Gasteiger partial charge in [0.1, 0.15) is 0 Å². The van der Waals surface area contributed by atoms with E-state index in [1.54, 1.807) is 0 Å². The molecule has 2 amide bonds. The van der Waals surface area contributed by atoms with Gasteiger partial charge in [0.2, 0.25) is 11.8 Å². The number of aromatic carboxylic acids is 1. The number of amides is 2. The summed E-state index contributed by atoms with van der Waals surface area (Å²) in [4.78, 5) is 36.5. The number of carboxylic acid groups (broad SMARTS) is 1. The fourth-order valence-electron chi connectivity index (χ4n) is 3.02. The van der Waals surface area contributed by atoms with E-state index in [-0.39, 0.29) is 39.7 Å². The summed E-state index contributed by atoms with van der Waals surface area (Å²) in [6, 6.07) is 4.08. The molecule has 1 saturated carbocycles. The van der Waals surface area contributed by atoms with Crippen LogP contribution >= 0.6 is 11.6 Å². The van der Waals surface area contributed by atoms with Crippen LogP contribution in [0, 0.1) is 17.3 Å². The number of piperidine rings is 1. The van der Waals surface area contributed by atoms with E-state index in [2.05, 4.69) is 0 Å². The van der Waals surface area contributed by atoms with Crippen LogP contribution in [0.4, 0.5) is 5.69 Å². The summed E-state index contributed by atoms with van der Waals surface area (Å²) in [5.74, 6) is -2.15.